The van der Waals surface area contributed by atoms with Gasteiger partial charge >= 0.3 is 5.97 Å². The van der Waals surface area contributed by atoms with Gasteiger partial charge in [0.15, 0.2) is 11.5 Å². The van der Waals surface area contributed by atoms with Crippen molar-refractivity contribution in [2.24, 2.45) is 5.92 Å². The molecule has 0 radical (unpaired) electrons. The average Bonchev–Trinajstić information content (AvgIpc) is 3.17. The predicted octanol–water partition coefficient (Wildman–Crippen LogP) is 2.76. The summed E-state index contributed by atoms with van der Waals surface area (Å²) in [5.41, 5.74) is 0.525. The second kappa shape index (κ2) is 4.64. The number of rotatable bonds is 4. The monoisotopic (exact) mass is 262 g/mol. The second-order valence-electron chi connectivity index (χ2n) is 4.81. The molecule has 0 N–H and O–H groups in total. The fourth-order valence-electron chi connectivity index (χ4n) is 2.27. The third-order valence-electron chi connectivity index (χ3n) is 3.36. The van der Waals surface area contributed by atoms with E-state index < -0.39 is 11.8 Å². The molecule has 1 fully saturated rings. The normalized spacial score (nSPS) is 14.8. The largest absolute Gasteiger partial charge is 0.461 e. The number of hydrogen-bond donors (Lipinski definition) is 0. The molecule has 5 heteroatoms. The van der Waals surface area contributed by atoms with E-state index in [4.69, 9.17) is 4.74 Å². The van der Waals surface area contributed by atoms with Crippen molar-refractivity contribution in [3.63, 3.8) is 0 Å². The quantitative estimate of drug-likeness (QED) is 0.796. The Bertz CT molecular complexity index is 632. The van der Waals surface area contributed by atoms with E-state index in [1.807, 2.05) is 0 Å². The van der Waals surface area contributed by atoms with Crippen LogP contribution in [0.15, 0.2) is 18.3 Å². The topological polar surface area (TPSA) is 44.1 Å². The number of halogens is 1. The van der Waals surface area contributed by atoms with Gasteiger partial charge in [0, 0.05) is 12.7 Å². The lowest BCUT2D eigenvalue weighted by molar-refractivity contribution is 0.0508. The molecule has 0 aliphatic heterocycles. The van der Waals surface area contributed by atoms with Crippen molar-refractivity contribution < 1.29 is 13.9 Å². The first-order valence-corrected chi connectivity index (χ1v) is 6.52. The summed E-state index contributed by atoms with van der Waals surface area (Å²) in [7, 11) is 0. The Morgan fingerprint density at radius 1 is 1.58 bits per heavy atom. The summed E-state index contributed by atoms with van der Waals surface area (Å²) in [5.74, 6) is -0.619. The smallest absolute Gasteiger partial charge is 0.358 e. The van der Waals surface area contributed by atoms with Gasteiger partial charge in [0.2, 0.25) is 0 Å². The van der Waals surface area contributed by atoms with Crippen LogP contribution in [0.4, 0.5) is 4.39 Å². The highest BCUT2D eigenvalue weighted by Crippen LogP contribution is 2.34. The van der Waals surface area contributed by atoms with E-state index in [0.717, 1.165) is 12.8 Å². The summed E-state index contributed by atoms with van der Waals surface area (Å²) >= 11 is 0. The Labute approximate surface area is 110 Å². The number of hydrogen-bond acceptors (Lipinski definition) is 3. The fraction of sp³-hybridized carbons (Fsp3) is 0.429. The lowest BCUT2D eigenvalue weighted by Gasteiger charge is -2.08. The van der Waals surface area contributed by atoms with E-state index in [1.54, 1.807) is 29.8 Å². The molecule has 1 aliphatic carbocycles. The number of nitrogens with zero attached hydrogens (tertiary/aromatic N) is 2. The fourth-order valence-corrected chi connectivity index (χ4v) is 2.27. The first-order valence-electron chi connectivity index (χ1n) is 6.52. The van der Waals surface area contributed by atoms with Crippen LogP contribution in [0.1, 0.15) is 30.3 Å². The molecule has 100 valence electrons. The second-order valence-corrected chi connectivity index (χ2v) is 4.81. The van der Waals surface area contributed by atoms with Crippen molar-refractivity contribution in [1.29, 1.82) is 0 Å². The minimum atomic E-state index is -0.612. The van der Waals surface area contributed by atoms with Gasteiger partial charge in [-0.1, -0.05) is 0 Å². The van der Waals surface area contributed by atoms with E-state index in [2.05, 4.69) is 4.98 Å². The molecule has 0 bridgehead atoms. The van der Waals surface area contributed by atoms with Crippen LogP contribution >= 0.6 is 0 Å². The van der Waals surface area contributed by atoms with E-state index in [9.17, 15) is 9.18 Å². The van der Waals surface area contributed by atoms with Crippen LogP contribution in [-0.2, 0) is 11.3 Å². The molecule has 2 aromatic heterocycles. The van der Waals surface area contributed by atoms with Gasteiger partial charge in [0.25, 0.3) is 0 Å². The van der Waals surface area contributed by atoms with Crippen LogP contribution in [0, 0.1) is 11.7 Å². The molecule has 19 heavy (non-hydrogen) atoms. The maximum Gasteiger partial charge on any atom is 0.358 e. The van der Waals surface area contributed by atoms with Gasteiger partial charge in [-0.3, -0.25) is 0 Å². The third-order valence-corrected chi connectivity index (χ3v) is 3.36. The molecule has 0 atom stereocenters. The Morgan fingerprint density at radius 2 is 2.37 bits per heavy atom. The number of carbonyl (C=O) groups excluding carboxylic acids is 1. The summed E-state index contributed by atoms with van der Waals surface area (Å²) in [6, 6.07) is 3.31. The number of esters is 1. The standard InChI is InChI=1S/C14H15FN2O2/c1-2-19-14(18)12-11(15)10-4-3-7-16-13(10)17(12)8-9-5-6-9/h3-4,7,9H,2,5-6,8H2,1H3. The van der Waals surface area contributed by atoms with Crippen molar-refractivity contribution in [3.05, 3.63) is 29.8 Å². The van der Waals surface area contributed by atoms with Gasteiger partial charge in [0.05, 0.1) is 12.0 Å². The van der Waals surface area contributed by atoms with Gasteiger partial charge in [-0.25, -0.2) is 14.2 Å². The molecular formula is C14H15FN2O2. The van der Waals surface area contributed by atoms with Crippen molar-refractivity contribution in [3.8, 4) is 0 Å². The minimum Gasteiger partial charge on any atom is -0.461 e. The molecule has 1 saturated carbocycles. The Kier molecular flexibility index (Phi) is 2.97. The average molecular weight is 262 g/mol. The van der Waals surface area contributed by atoms with Crippen molar-refractivity contribution in [1.82, 2.24) is 9.55 Å². The zero-order valence-electron chi connectivity index (χ0n) is 10.7. The summed E-state index contributed by atoms with van der Waals surface area (Å²) in [6.07, 6.45) is 3.85. The Hall–Kier alpha value is -1.91. The van der Waals surface area contributed by atoms with E-state index in [-0.39, 0.29) is 12.3 Å². The maximum absolute atomic E-state index is 14.4. The molecule has 2 aromatic rings. The van der Waals surface area contributed by atoms with Crippen molar-refractivity contribution in [2.45, 2.75) is 26.3 Å². The summed E-state index contributed by atoms with van der Waals surface area (Å²) in [4.78, 5) is 16.1. The van der Waals surface area contributed by atoms with Crippen LogP contribution in [0.3, 0.4) is 0 Å². The molecular weight excluding hydrogens is 247 g/mol. The van der Waals surface area contributed by atoms with Gasteiger partial charge in [-0.15, -0.1) is 0 Å². The molecule has 0 aromatic carbocycles. The zero-order valence-corrected chi connectivity index (χ0v) is 10.7. The summed E-state index contributed by atoms with van der Waals surface area (Å²) in [5, 5.41) is 0.381. The van der Waals surface area contributed by atoms with Crippen LogP contribution in [0.25, 0.3) is 11.0 Å². The highest BCUT2D eigenvalue weighted by atomic mass is 19.1. The Morgan fingerprint density at radius 3 is 3.05 bits per heavy atom. The molecule has 0 saturated heterocycles. The lowest BCUT2D eigenvalue weighted by atomic mass is 10.3. The van der Waals surface area contributed by atoms with E-state index in [1.165, 1.54) is 0 Å². The number of ether oxygens (including phenoxy) is 1. The first kappa shape index (κ1) is 12.1. The predicted molar refractivity (Wildman–Crippen MR) is 68.4 cm³/mol. The number of pyridine rings is 1. The molecule has 3 rings (SSSR count). The SMILES string of the molecule is CCOC(=O)c1c(F)c2cccnc2n1CC1CC1. The highest BCUT2D eigenvalue weighted by molar-refractivity contribution is 5.95. The molecule has 0 spiro atoms. The van der Waals surface area contributed by atoms with Crippen molar-refractivity contribution in [2.75, 3.05) is 6.61 Å². The highest BCUT2D eigenvalue weighted by Gasteiger charge is 2.29. The molecule has 2 heterocycles. The van der Waals surface area contributed by atoms with E-state index >= 15 is 0 Å². The summed E-state index contributed by atoms with van der Waals surface area (Å²) < 4.78 is 21.0. The lowest BCUT2D eigenvalue weighted by Crippen LogP contribution is -2.15. The molecule has 0 amide bonds. The van der Waals surface area contributed by atoms with Crippen LogP contribution in [0.5, 0.6) is 0 Å². The van der Waals surface area contributed by atoms with Gasteiger partial charge < -0.3 is 9.30 Å². The number of carbonyl (C=O) groups is 1. The first-order chi connectivity index (χ1) is 9.22. The third kappa shape index (κ3) is 2.09. The maximum atomic E-state index is 14.4. The molecule has 1 aliphatic rings. The van der Waals surface area contributed by atoms with Gasteiger partial charge in [-0.2, -0.15) is 0 Å². The number of fused-ring (bicyclic) bond motifs is 1. The zero-order chi connectivity index (χ0) is 13.4. The van der Waals surface area contributed by atoms with Crippen LogP contribution in [-0.4, -0.2) is 22.1 Å². The van der Waals surface area contributed by atoms with E-state index in [0.29, 0.717) is 23.5 Å². The van der Waals surface area contributed by atoms with Crippen LogP contribution in [0.2, 0.25) is 0 Å². The minimum absolute atomic E-state index is 0.00227. The molecule has 0 unspecified atom stereocenters. The van der Waals surface area contributed by atoms with Crippen molar-refractivity contribution >= 4 is 17.0 Å². The molecule has 4 nitrogen and oxygen atoms in total. The number of aromatic nitrogens is 2. The summed E-state index contributed by atoms with van der Waals surface area (Å²) in [6.45, 7) is 2.57. The van der Waals surface area contributed by atoms with Gasteiger partial charge in [-0.05, 0) is 37.8 Å². The van der Waals surface area contributed by atoms with Crippen LogP contribution < -0.4 is 0 Å². The van der Waals surface area contributed by atoms with Gasteiger partial charge in [0.1, 0.15) is 5.65 Å². The Balaban J connectivity index is 2.15.